The number of hydrogen-bond donors (Lipinski definition) is 2. The molecule has 84 valence electrons. The van der Waals surface area contributed by atoms with Gasteiger partial charge in [-0.2, -0.15) is 0 Å². The van der Waals surface area contributed by atoms with E-state index in [0.717, 1.165) is 28.8 Å². The van der Waals surface area contributed by atoms with Crippen LogP contribution in [0.2, 0.25) is 0 Å². The number of rotatable bonds is 3. The summed E-state index contributed by atoms with van der Waals surface area (Å²) >= 11 is 0. The van der Waals surface area contributed by atoms with Crippen LogP contribution in [0.3, 0.4) is 0 Å². The van der Waals surface area contributed by atoms with Gasteiger partial charge in [0.05, 0.1) is 5.60 Å². The third-order valence-corrected chi connectivity index (χ3v) is 3.56. The Morgan fingerprint density at radius 1 is 1.38 bits per heavy atom. The molecule has 2 nitrogen and oxygen atoms in total. The molecule has 0 saturated heterocycles. The van der Waals surface area contributed by atoms with Crippen LogP contribution in [0.5, 0.6) is 0 Å². The van der Waals surface area contributed by atoms with Crippen molar-refractivity contribution in [3.8, 4) is 0 Å². The van der Waals surface area contributed by atoms with Gasteiger partial charge in [-0.1, -0.05) is 25.0 Å². The lowest BCUT2D eigenvalue weighted by molar-refractivity contribution is 0.0433. The molecule has 1 aliphatic rings. The SMILES string of the molecule is CC(O)(CC1CC1)c1cccc2[nH]ccc12. The first-order valence-corrected chi connectivity index (χ1v) is 5.96. The standard InChI is InChI=1S/C14H17NO/c1-14(16,9-10-5-6-10)12-3-2-4-13-11(12)7-8-15-13/h2-4,7-8,10,15-16H,5-6,9H2,1H3. The molecule has 1 atom stereocenters. The monoisotopic (exact) mass is 215 g/mol. The quantitative estimate of drug-likeness (QED) is 0.810. The second-order valence-corrected chi connectivity index (χ2v) is 5.17. The number of aromatic amines is 1. The Hall–Kier alpha value is -1.28. The molecule has 2 heteroatoms. The van der Waals surface area contributed by atoms with E-state index in [0.29, 0.717) is 0 Å². The number of aromatic nitrogens is 1. The van der Waals surface area contributed by atoms with Crippen LogP contribution in [0, 0.1) is 5.92 Å². The maximum absolute atomic E-state index is 10.6. The lowest BCUT2D eigenvalue weighted by atomic mass is 9.88. The molecule has 1 fully saturated rings. The summed E-state index contributed by atoms with van der Waals surface area (Å²) in [6.45, 7) is 1.94. The fourth-order valence-corrected chi connectivity index (χ4v) is 2.55. The van der Waals surface area contributed by atoms with Crippen LogP contribution in [0.15, 0.2) is 30.5 Å². The van der Waals surface area contributed by atoms with Crippen molar-refractivity contribution in [3.63, 3.8) is 0 Å². The molecular formula is C14H17NO. The minimum absolute atomic E-state index is 0.692. The summed E-state index contributed by atoms with van der Waals surface area (Å²) in [7, 11) is 0. The highest BCUT2D eigenvalue weighted by molar-refractivity contribution is 5.83. The van der Waals surface area contributed by atoms with Crippen LogP contribution >= 0.6 is 0 Å². The van der Waals surface area contributed by atoms with Crippen molar-refractivity contribution in [1.82, 2.24) is 4.98 Å². The number of H-pyrrole nitrogens is 1. The molecule has 3 rings (SSSR count). The van der Waals surface area contributed by atoms with Gasteiger partial charge in [0.1, 0.15) is 0 Å². The summed E-state index contributed by atoms with van der Waals surface area (Å²) in [5.74, 6) is 0.726. The maximum atomic E-state index is 10.6. The molecular weight excluding hydrogens is 198 g/mol. The number of hydrogen-bond acceptors (Lipinski definition) is 1. The molecule has 0 radical (unpaired) electrons. The molecule has 1 aromatic heterocycles. The highest BCUT2D eigenvalue weighted by Crippen LogP contribution is 2.42. The Labute approximate surface area is 95.3 Å². The lowest BCUT2D eigenvalue weighted by Gasteiger charge is -2.24. The maximum Gasteiger partial charge on any atom is 0.0877 e. The van der Waals surface area contributed by atoms with E-state index in [-0.39, 0.29) is 0 Å². The van der Waals surface area contributed by atoms with Crippen molar-refractivity contribution >= 4 is 10.9 Å². The molecule has 1 saturated carbocycles. The summed E-state index contributed by atoms with van der Waals surface area (Å²) in [6, 6.07) is 8.15. The normalized spacial score (nSPS) is 19.9. The van der Waals surface area contributed by atoms with E-state index >= 15 is 0 Å². The van der Waals surface area contributed by atoms with Gasteiger partial charge in [0.15, 0.2) is 0 Å². The molecule has 16 heavy (non-hydrogen) atoms. The highest BCUT2D eigenvalue weighted by atomic mass is 16.3. The number of nitrogens with one attached hydrogen (secondary N) is 1. The first kappa shape index (κ1) is 9.91. The van der Waals surface area contributed by atoms with E-state index in [1.165, 1.54) is 12.8 Å². The average molecular weight is 215 g/mol. The van der Waals surface area contributed by atoms with Crippen molar-refractivity contribution in [1.29, 1.82) is 0 Å². The Balaban J connectivity index is 2.05. The van der Waals surface area contributed by atoms with Crippen molar-refractivity contribution < 1.29 is 5.11 Å². The second-order valence-electron chi connectivity index (χ2n) is 5.17. The Morgan fingerprint density at radius 2 is 2.19 bits per heavy atom. The first-order valence-electron chi connectivity index (χ1n) is 5.96. The van der Waals surface area contributed by atoms with Gasteiger partial charge in [0, 0.05) is 17.1 Å². The van der Waals surface area contributed by atoms with Crippen LogP contribution in [-0.2, 0) is 5.60 Å². The van der Waals surface area contributed by atoms with Gasteiger partial charge < -0.3 is 10.1 Å². The molecule has 1 aliphatic carbocycles. The van der Waals surface area contributed by atoms with E-state index in [1.54, 1.807) is 0 Å². The molecule has 2 aromatic rings. The summed E-state index contributed by atoms with van der Waals surface area (Å²) in [6.07, 6.45) is 5.37. The van der Waals surface area contributed by atoms with Gasteiger partial charge >= 0.3 is 0 Å². The fourth-order valence-electron chi connectivity index (χ4n) is 2.55. The summed E-state index contributed by atoms with van der Waals surface area (Å²) < 4.78 is 0. The molecule has 0 aliphatic heterocycles. The Kier molecular flexibility index (Phi) is 2.08. The third kappa shape index (κ3) is 1.63. The average Bonchev–Trinajstić information content (AvgIpc) is 2.92. The highest BCUT2D eigenvalue weighted by Gasteiger charge is 2.33. The molecule has 0 bridgehead atoms. The Morgan fingerprint density at radius 3 is 2.94 bits per heavy atom. The van der Waals surface area contributed by atoms with Crippen molar-refractivity contribution in [2.75, 3.05) is 0 Å². The predicted octanol–water partition coefficient (Wildman–Crippen LogP) is 3.18. The van der Waals surface area contributed by atoms with Gasteiger partial charge in [0.25, 0.3) is 0 Å². The zero-order chi connectivity index (χ0) is 11.2. The number of fused-ring (bicyclic) bond motifs is 1. The van der Waals surface area contributed by atoms with Crippen LogP contribution in [0.25, 0.3) is 10.9 Å². The number of benzene rings is 1. The summed E-state index contributed by atoms with van der Waals surface area (Å²) in [4.78, 5) is 3.19. The van der Waals surface area contributed by atoms with E-state index in [1.807, 2.05) is 37.4 Å². The summed E-state index contributed by atoms with van der Waals surface area (Å²) in [5, 5.41) is 11.7. The second kappa shape index (κ2) is 3.36. The lowest BCUT2D eigenvalue weighted by Crippen LogP contribution is -2.22. The predicted molar refractivity (Wildman–Crippen MR) is 65.2 cm³/mol. The molecule has 1 aromatic carbocycles. The third-order valence-electron chi connectivity index (χ3n) is 3.56. The van der Waals surface area contributed by atoms with E-state index in [9.17, 15) is 5.11 Å². The summed E-state index contributed by atoms with van der Waals surface area (Å²) in [5.41, 5.74) is 1.47. The Bertz CT molecular complexity index is 508. The van der Waals surface area contributed by atoms with Crippen LogP contribution in [0.1, 0.15) is 31.7 Å². The smallest absolute Gasteiger partial charge is 0.0877 e. The van der Waals surface area contributed by atoms with Gasteiger partial charge in [0.2, 0.25) is 0 Å². The van der Waals surface area contributed by atoms with Gasteiger partial charge in [-0.15, -0.1) is 0 Å². The molecule has 0 amide bonds. The first-order chi connectivity index (χ1) is 7.67. The molecule has 2 N–H and O–H groups in total. The van der Waals surface area contributed by atoms with Crippen molar-refractivity contribution in [3.05, 3.63) is 36.0 Å². The zero-order valence-electron chi connectivity index (χ0n) is 9.53. The molecule has 1 unspecified atom stereocenters. The zero-order valence-corrected chi connectivity index (χ0v) is 9.53. The van der Waals surface area contributed by atoms with Gasteiger partial charge in [-0.25, -0.2) is 0 Å². The topological polar surface area (TPSA) is 36.0 Å². The van der Waals surface area contributed by atoms with E-state index in [4.69, 9.17) is 0 Å². The van der Waals surface area contributed by atoms with Crippen LogP contribution < -0.4 is 0 Å². The molecule has 1 heterocycles. The van der Waals surface area contributed by atoms with Gasteiger partial charge in [-0.3, -0.25) is 0 Å². The van der Waals surface area contributed by atoms with Crippen LogP contribution in [-0.4, -0.2) is 10.1 Å². The molecule has 0 spiro atoms. The largest absolute Gasteiger partial charge is 0.385 e. The minimum atomic E-state index is -0.692. The van der Waals surface area contributed by atoms with E-state index in [2.05, 4.69) is 4.98 Å². The van der Waals surface area contributed by atoms with Crippen LogP contribution in [0.4, 0.5) is 0 Å². The van der Waals surface area contributed by atoms with Crippen molar-refractivity contribution in [2.24, 2.45) is 5.92 Å². The minimum Gasteiger partial charge on any atom is -0.385 e. The van der Waals surface area contributed by atoms with E-state index < -0.39 is 5.60 Å². The van der Waals surface area contributed by atoms with Crippen molar-refractivity contribution in [2.45, 2.75) is 31.8 Å². The fraction of sp³-hybridized carbons (Fsp3) is 0.429. The van der Waals surface area contributed by atoms with Gasteiger partial charge in [-0.05, 0) is 37.0 Å². The number of aliphatic hydroxyl groups is 1.